The molecule has 1 aromatic heterocycles. The largest absolute Gasteiger partial charge is 0.436 e. The van der Waals surface area contributed by atoms with Crippen LogP contribution in [0.1, 0.15) is 11.4 Å². The highest BCUT2D eigenvalue weighted by atomic mass is 32.2. The zero-order chi connectivity index (χ0) is 11.6. The summed E-state index contributed by atoms with van der Waals surface area (Å²) in [5.74, 6) is 0. The number of aliphatic hydroxyl groups is 1. The number of nitrogens with zero attached hydrogens (tertiary/aromatic N) is 2. The number of aromatic nitrogens is 2. The summed E-state index contributed by atoms with van der Waals surface area (Å²) in [4.78, 5) is 0.121. The molecule has 7 heteroatoms. The van der Waals surface area contributed by atoms with Gasteiger partial charge in [-0.2, -0.15) is 18.3 Å². The molecule has 1 rings (SSSR count). The van der Waals surface area contributed by atoms with E-state index in [0.29, 0.717) is 5.69 Å². The molecule has 1 aromatic rings. The molecule has 0 aliphatic carbocycles. The molecular weight excluding hydrogens is 229 g/mol. The summed E-state index contributed by atoms with van der Waals surface area (Å²) in [6.45, 7) is 1.41. The second-order valence-electron chi connectivity index (χ2n) is 2.91. The summed E-state index contributed by atoms with van der Waals surface area (Å²) >= 11 is 1.01. The second kappa shape index (κ2) is 4.44. The van der Waals surface area contributed by atoms with Gasteiger partial charge in [0.15, 0.2) is 5.69 Å². The van der Waals surface area contributed by atoms with Crippen LogP contribution in [0.15, 0.2) is 4.90 Å². The molecule has 0 aliphatic heterocycles. The summed E-state index contributed by atoms with van der Waals surface area (Å²) in [6.07, 6.45) is -2.87. The zero-order valence-electron chi connectivity index (χ0n) is 8.30. The van der Waals surface area contributed by atoms with Crippen LogP contribution in [-0.2, 0) is 12.7 Å². The van der Waals surface area contributed by atoms with Gasteiger partial charge < -0.3 is 5.11 Å². The van der Waals surface area contributed by atoms with Gasteiger partial charge in [-0.1, -0.05) is 0 Å². The van der Waals surface area contributed by atoms with E-state index < -0.39 is 11.9 Å². The summed E-state index contributed by atoms with van der Waals surface area (Å²) in [6, 6.07) is 0. The lowest BCUT2D eigenvalue weighted by molar-refractivity contribution is -0.143. The third-order valence-corrected chi connectivity index (χ3v) is 2.83. The van der Waals surface area contributed by atoms with Crippen LogP contribution in [0.4, 0.5) is 13.2 Å². The van der Waals surface area contributed by atoms with Crippen molar-refractivity contribution in [1.82, 2.24) is 9.78 Å². The lowest BCUT2D eigenvalue weighted by atomic mass is 10.3. The predicted molar refractivity (Wildman–Crippen MR) is 50.8 cm³/mol. The van der Waals surface area contributed by atoms with Gasteiger partial charge in [0.1, 0.15) is 0 Å². The number of halogens is 3. The molecule has 0 fully saturated rings. The molecule has 0 atom stereocenters. The fraction of sp³-hybridized carbons (Fsp3) is 0.625. The van der Waals surface area contributed by atoms with Crippen molar-refractivity contribution in [3.63, 3.8) is 0 Å². The number of thioether (sulfide) groups is 1. The second-order valence-corrected chi connectivity index (χ2v) is 3.73. The molecule has 86 valence electrons. The SMILES string of the molecule is CSc1c(C(F)(F)F)nn(CCO)c1C. The van der Waals surface area contributed by atoms with Crippen molar-refractivity contribution in [2.75, 3.05) is 12.9 Å². The normalized spacial score (nSPS) is 12.1. The Bertz CT molecular complexity index is 348. The Kier molecular flexibility index (Phi) is 3.67. The Morgan fingerprint density at radius 1 is 1.47 bits per heavy atom. The lowest BCUT2D eigenvalue weighted by Gasteiger charge is -2.03. The average Bonchev–Trinajstić information content (AvgIpc) is 2.44. The quantitative estimate of drug-likeness (QED) is 0.820. The molecular formula is C8H11F3N2OS. The van der Waals surface area contributed by atoms with E-state index in [1.807, 2.05) is 0 Å². The topological polar surface area (TPSA) is 38.0 Å². The van der Waals surface area contributed by atoms with Crippen LogP contribution < -0.4 is 0 Å². The van der Waals surface area contributed by atoms with Crippen molar-refractivity contribution < 1.29 is 18.3 Å². The number of hydrogen-bond acceptors (Lipinski definition) is 3. The fourth-order valence-electron chi connectivity index (χ4n) is 1.27. The third kappa shape index (κ3) is 2.46. The molecule has 1 heterocycles. The first-order chi connectivity index (χ1) is 6.91. The van der Waals surface area contributed by atoms with Crippen LogP contribution in [0.2, 0.25) is 0 Å². The van der Waals surface area contributed by atoms with Crippen molar-refractivity contribution >= 4 is 11.8 Å². The van der Waals surface area contributed by atoms with Crippen molar-refractivity contribution in [3.05, 3.63) is 11.4 Å². The van der Waals surface area contributed by atoms with Gasteiger partial charge in [-0.15, -0.1) is 11.8 Å². The Morgan fingerprint density at radius 3 is 2.40 bits per heavy atom. The first-order valence-electron chi connectivity index (χ1n) is 4.21. The van der Waals surface area contributed by atoms with E-state index in [2.05, 4.69) is 5.10 Å². The van der Waals surface area contributed by atoms with E-state index in [-0.39, 0.29) is 18.0 Å². The zero-order valence-corrected chi connectivity index (χ0v) is 9.11. The van der Waals surface area contributed by atoms with Gasteiger partial charge in [-0.05, 0) is 13.2 Å². The molecule has 0 saturated heterocycles. The maximum Gasteiger partial charge on any atom is 0.436 e. The summed E-state index contributed by atoms with van der Waals surface area (Å²) in [5.41, 5.74) is -0.440. The van der Waals surface area contributed by atoms with Crippen LogP contribution in [0.25, 0.3) is 0 Å². The smallest absolute Gasteiger partial charge is 0.394 e. The van der Waals surface area contributed by atoms with Crippen molar-refractivity contribution in [3.8, 4) is 0 Å². The Morgan fingerprint density at radius 2 is 2.07 bits per heavy atom. The van der Waals surface area contributed by atoms with E-state index in [1.165, 1.54) is 4.68 Å². The number of rotatable bonds is 3. The van der Waals surface area contributed by atoms with E-state index in [9.17, 15) is 13.2 Å². The van der Waals surface area contributed by atoms with Crippen molar-refractivity contribution in [2.45, 2.75) is 24.5 Å². The van der Waals surface area contributed by atoms with Crippen LogP contribution >= 0.6 is 11.8 Å². The standard InChI is InChI=1S/C8H11F3N2OS/c1-5-6(15-2)7(8(9,10)11)12-13(5)3-4-14/h14H,3-4H2,1-2H3. The highest BCUT2D eigenvalue weighted by molar-refractivity contribution is 7.98. The van der Waals surface area contributed by atoms with E-state index in [0.717, 1.165) is 11.8 Å². The van der Waals surface area contributed by atoms with Crippen LogP contribution in [-0.4, -0.2) is 27.7 Å². The van der Waals surface area contributed by atoms with Crippen LogP contribution in [0, 0.1) is 6.92 Å². The molecule has 0 saturated carbocycles. The molecule has 0 aliphatic rings. The molecule has 0 spiro atoms. The molecule has 0 unspecified atom stereocenters. The minimum atomic E-state index is -4.44. The maximum atomic E-state index is 12.5. The monoisotopic (exact) mass is 240 g/mol. The Hall–Kier alpha value is -0.690. The first kappa shape index (κ1) is 12.4. The van der Waals surface area contributed by atoms with Crippen molar-refractivity contribution in [1.29, 1.82) is 0 Å². The van der Waals surface area contributed by atoms with Gasteiger partial charge >= 0.3 is 6.18 Å². The number of alkyl halides is 3. The summed E-state index contributed by atoms with van der Waals surface area (Å²) in [7, 11) is 0. The van der Waals surface area contributed by atoms with Gasteiger partial charge in [0.05, 0.1) is 18.0 Å². The van der Waals surface area contributed by atoms with Crippen molar-refractivity contribution in [2.24, 2.45) is 0 Å². The Labute approximate surface area is 89.3 Å². The van der Waals surface area contributed by atoms with E-state index in [4.69, 9.17) is 5.11 Å². The minimum Gasteiger partial charge on any atom is -0.394 e. The lowest BCUT2D eigenvalue weighted by Crippen LogP contribution is -2.10. The van der Waals surface area contributed by atoms with E-state index in [1.54, 1.807) is 13.2 Å². The summed E-state index contributed by atoms with van der Waals surface area (Å²) in [5, 5.41) is 12.1. The molecule has 0 bridgehead atoms. The van der Waals surface area contributed by atoms with Crippen LogP contribution in [0.3, 0.4) is 0 Å². The minimum absolute atomic E-state index is 0.0788. The maximum absolute atomic E-state index is 12.5. The van der Waals surface area contributed by atoms with Gasteiger partial charge in [0.25, 0.3) is 0 Å². The average molecular weight is 240 g/mol. The Balaban J connectivity index is 3.22. The van der Waals surface area contributed by atoms with E-state index >= 15 is 0 Å². The molecule has 0 aromatic carbocycles. The molecule has 3 nitrogen and oxygen atoms in total. The third-order valence-electron chi connectivity index (χ3n) is 1.94. The van der Waals surface area contributed by atoms with Crippen LogP contribution in [0.5, 0.6) is 0 Å². The van der Waals surface area contributed by atoms with Gasteiger partial charge in [-0.3, -0.25) is 4.68 Å². The number of aliphatic hydroxyl groups excluding tert-OH is 1. The molecule has 1 N–H and O–H groups in total. The fourth-order valence-corrected chi connectivity index (χ4v) is 2.02. The molecule has 0 radical (unpaired) electrons. The predicted octanol–water partition coefficient (Wildman–Crippen LogP) is 1.92. The first-order valence-corrected chi connectivity index (χ1v) is 5.43. The summed E-state index contributed by atoms with van der Waals surface area (Å²) < 4.78 is 38.7. The van der Waals surface area contributed by atoms with Gasteiger partial charge in [0, 0.05) is 5.69 Å². The molecule has 0 amide bonds. The van der Waals surface area contributed by atoms with Gasteiger partial charge in [-0.25, -0.2) is 0 Å². The number of hydrogen-bond donors (Lipinski definition) is 1. The highest BCUT2D eigenvalue weighted by Gasteiger charge is 2.38. The van der Waals surface area contributed by atoms with Gasteiger partial charge in [0.2, 0.25) is 0 Å². The molecule has 15 heavy (non-hydrogen) atoms. The highest BCUT2D eigenvalue weighted by Crippen LogP contribution is 2.36.